The maximum atomic E-state index is 11.0. The van der Waals surface area contributed by atoms with Crippen LogP contribution in [0.2, 0.25) is 0 Å². The van der Waals surface area contributed by atoms with Crippen molar-refractivity contribution < 1.29 is 24.3 Å². The van der Waals surface area contributed by atoms with Crippen molar-refractivity contribution in [2.75, 3.05) is 20.0 Å². The number of amides is 1. The molecular weight excluding hydrogens is 309 g/mol. The van der Waals surface area contributed by atoms with E-state index in [-0.39, 0.29) is 22.9 Å². The lowest BCUT2D eigenvalue weighted by molar-refractivity contribution is -0.116. The Morgan fingerprint density at radius 2 is 1.95 bits per heavy atom. The molecule has 1 amide bonds. The lowest BCUT2D eigenvalue weighted by Crippen LogP contribution is -2.32. The van der Waals surface area contributed by atoms with E-state index in [1.807, 2.05) is 0 Å². The first kappa shape index (κ1) is 16.3. The van der Waals surface area contributed by atoms with Gasteiger partial charge in [-0.15, -0.1) is 5.10 Å². The van der Waals surface area contributed by atoms with E-state index in [0.717, 1.165) is 0 Å². The van der Waals surface area contributed by atoms with Gasteiger partial charge >= 0.3 is 7.12 Å². The summed E-state index contributed by atoms with van der Waals surface area (Å²) in [6.45, 7) is 0. The van der Waals surface area contributed by atoms with Crippen molar-refractivity contribution in [1.82, 2.24) is 5.32 Å². The minimum atomic E-state index is -1.72. The standard InChI is InChI=1S/C12H14BN3O5S/c1-20-8-3-7(4-9(21-2)11(8)13(18)19)5-14-16-12-15-10(17)6-22-12/h3-5,18-19H,6H2,1-2H3,(H,15,16,17). The van der Waals surface area contributed by atoms with Gasteiger partial charge in [-0.05, 0) is 12.1 Å². The zero-order valence-electron chi connectivity index (χ0n) is 11.9. The Balaban J connectivity index is 2.26. The zero-order valence-corrected chi connectivity index (χ0v) is 12.8. The highest BCUT2D eigenvalue weighted by Gasteiger charge is 2.23. The molecule has 10 heteroatoms. The topological polar surface area (TPSA) is 113 Å². The minimum Gasteiger partial charge on any atom is -0.497 e. The molecule has 8 nitrogen and oxygen atoms in total. The van der Waals surface area contributed by atoms with E-state index < -0.39 is 7.12 Å². The summed E-state index contributed by atoms with van der Waals surface area (Å²) in [6.07, 6.45) is 1.44. The van der Waals surface area contributed by atoms with Gasteiger partial charge in [0.2, 0.25) is 5.91 Å². The number of nitrogens with zero attached hydrogens (tertiary/aromatic N) is 2. The van der Waals surface area contributed by atoms with Gasteiger partial charge in [-0.2, -0.15) is 5.10 Å². The molecule has 0 unspecified atom stereocenters. The molecule has 0 aliphatic carbocycles. The summed E-state index contributed by atoms with van der Waals surface area (Å²) in [5, 5.41) is 29.5. The average Bonchev–Trinajstić information content (AvgIpc) is 2.91. The second-order valence-corrected chi connectivity index (χ2v) is 5.16. The molecule has 2 rings (SSSR count). The van der Waals surface area contributed by atoms with Gasteiger partial charge in [0.25, 0.3) is 0 Å². The van der Waals surface area contributed by atoms with Crippen LogP contribution in [0.3, 0.4) is 0 Å². The van der Waals surface area contributed by atoms with Crippen molar-refractivity contribution in [2.45, 2.75) is 0 Å². The van der Waals surface area contributed by atoms with Crippen LogP contribution in [0, 0.1) is 0 Å². The average molecular weight is 323 g/mol. The van der Waals surface area contributed by atoms with Gasteiger partial charge in [0, 0.05) is 5.56 Å². The van der Waals surface area contributed by atoms with Crippen LogP contribution in [0.15, 0.2) is 22.3 Å². The van der Waals surface area contributed by atoms with E-state index >= 15 is 0 Å². The quantitative estimate of drug-likeness (QED) is 0.362. The molecule has 0 radical (unpaired) electrons. The molecule has 1 aromatic carbocycles. The Morgan fingerprint density at radius 1 is 1.32 bits per heavy atom. The highest BCUT2D eigenvalue weighted by Crippen LogP contribution is 2.20. The Kier molecular flexibility index (Phi) is 5.42. The van der Waals surface area contributed by atoms with Crippen LogP contribution in [0.25, 0.3) is 0 Å². The summed E-state index contributed by atoms with van der Waals surface area (Å²) < 4.78 is 10.3. The number of benzene rings is 1. The minimum absolute atomic E-state index is 0.108. The number of carbonyl (C=O) groups is 1. The van der Waals surface area contributed by atoms with E-state index in [9.17, 15) is 14.8 Å². The van der Waals surface area contributed by atoms with Crippen LogP contribution in [-0.2, 0) is 4.79 Å². The maximum Gasteiger partial charge on any atom is 0.496 e. The van der Waals surface area contributed by atoms with Crippen LogP contribution < -0.4 is 20.3 Å². The van der Waals surface area contributed by atoms with Gasteiger partial charge in [0.05, 0.1) is 31.6 Å². The number of nitrogens with one attached hydrogen (secondary N) is 1. The van der Waals surface area contributed by atoms with Gasteiger partial charge in [0.15, 0.2) is 5.17 Å². The summed E-state index contributed by atoms with van der Waals surface area (Å²) in [5.74, 6) is 0.738. The van der Waals surface area contributed by atoms with Crippen molar-refractivity contribution >= 4 is 41.6 Å². The molecule has 1 heterocycles. The Morgan fingerprint density at radius 3 is 2.41 bits per heavy atom. The van der Waals surface area contributed by atoms with Gasteiger partial charge in [-0.25, -0.2) is 0 Å². The predicted octanol–water partition coefficient (Wildman–Crippen LogP) is -1.06. The summed E-state index contributed by atoms with van der Waals surface area (Å²) in [4.78, 5) is 11.0. The van der Waals surface area contributed by atoms with Crippen LogP contribution >= 0.6 is 11.8 Å². The van der Waals surface area contributed by atoms with Crippen molar-refractivity contribution in [1.29, 1.82) is 0 Å². The van der Waals surface area contributed by atoms with E-state index in [1.165, 1.54) is 32.2 Å². The number of amidine groups is 1. The van der Waals surface area contributed by atoms with Crippen molar-refractivity contribution in [3.05, 3.63) is 17.7 Å². The molecule has 1 fully saturated rings. The summed E-state index contributed by atoms with van der Waals surface area (Å²) in [7, 11) is 1.10. The maximum absolute atomic E-state index is 11.0. The van der Waals surface area contributed by atoms with Crippen molar-refractivity contribution in [3.63, 3.8) is 0 Å². The number of methoxy groups -OCH3 is 2. The molecule has 3 N–H and O–H groups in total. The van der Waals surface area contributed by atoms with Gasteiger partial charge in [0.1, 0.15) is 11.5 Å². The second-order valence-electron chi connectivity index (χ2n) is 4.20. The molecule has 0 spiro atoms. The van der Waals surface area contributed by atoms with E-state index in [0.29, 0.717) is 16.5 Å². The summed E-state index contributed by atoms with van der Waals surface area (Å²) >= 11 is 1.27. The fourth-order valence-electron chi connectivity index (χ4n) is 1.82. The number of ether oxygens (including phenoxy) is 2. The molecule has 116 valence electrons. The van der Waals surface area contributed by atoms with Crippen LogP contribution in [-0.4, -0.2) is 54.4 Å². The summed E-state index contributed by atoms with van der Waals surface area (Å²) in [5.41, 5.74) is 0.726. The third-order valence-electron chi connectivity index (χ3n) is 2.77. The molecule has 0 aromatic heterocycles. The SMILES string of the molecule is COc1cc(C=NN=C2NC(=O)CS2)cc(OC)c1B(O)O. The lowest BCUT2D eigenvalue weighted by Gasteiger charge is -2.13. The largest absolute Gasteiger partial charge is 0.497 e. The third kappa shape index (κ3) is 3.78. The molecule has 0 bridgehead atoms. The van der Waals surface area contributed by atoms with E-state index in [2.05, 4.69) is 15.5 Å². The molecular formula is C12H14BN3O5S. The Labute approximate surface area is 131 Å². The van der Waals surface area contributed by atoms with Gasteiger partial charge < -0.3 is 24.8 Å². The molecule has 22 heavy (non-hydrogen) atoms. The van der Waals surface area contributed by atoms with Gasteiger partial charge in [-0.1, -0.05) is 11.8 Å². The third-order valence-corrected chi connectivity index (χ3v) is 3.63. The number of carbonyl (C=O) groups excluding carboxylic acids is 1. The highest BCUT2D eigenvalue weighted by atomic mass is 32.2. The number of rotatable bonds is 5. The predicted molar refractivity (Wildman–Crippen MR) is 85.0 cm³/mol. The number of thioether (sulfide) groups is 1. The van der Waals surface area contributed by atoms with Crippen LogP contribution in [0.4, 0.5) is 0 Å². The molecule has 0 saturated carbocycles. The molecule has 1 aliphatic rings. The first-order chi connectivity index (χ1) is 10.5. The normalized spacial score (nSPS) is 16.2. The fourth-order valence-corrected chi connectivity index (χ4v) is 2.45. The molecule has 1 aromatic rings. The first-order valence-corrected chi connectivity index (χ1v) is 7.19. The second kappa shape index (κ2) is 7.30. The van der Waals surface area contributed by atoms with E-state index in [4.69, 9.17) is 9.47 Å². The Bertz CT molecular complexity index is 610. The smallest absolute Gasteiger partial charge is 0.496 e. The van der Waals surface area contributed by atoms with E-state index in [1.54, 1.807) is 12.1 Å². The number of hydrogen-bond donors (Lipinski definition) is 3. The highest BCUT2D eigenvalue weighted by molar-refractivity contribution is 8.15. The molecule has 1 aliphatic heterocycles. The lowest BCUT2D eigenvalue weighted by atomic mass is 9.78. The summed E-state index contributed by atoms with van der Waals surface area (Å²) in [6, 6.07) is 3.14. The Hall–Kier alpha value is -2.04. The number of hydrogen-bond acceptors (Lipinski definition) is 8. The first-order valence-electron chi connectivity index (χ1n) is 6.21. The monoisotopic (exact) mass is 323 g/mol. The van der Waals surface area contributed by atoms with Gasteiger partial charge in [-0.3, -0.25) is 4.79 Å². The van der Waals surface area contributed by atoms with Crippen molar-refractivity contribution in [2.24, 2.45) is 10.2 Å². The fraction of sp³-hybridized carbons (Fsp3) is 0.250. The molecule has 0 atom stereocenters. The van der Waals surface area contributed by atoms with Crippen LogP contribution in [0.5, 0.6) is 11.5 Å². The molecule has 1 saturated heterocycles. The zero-order chi connectivity index (χ0) is 16.1. The van der Waals surface area contributed by atoms with Crippen molar-refractivity contribution in [3.8, 4) is 11.5 Å². The van der Waals surface area contributed by atoms with Crippen LogP contribution in [0.1, 0.15) is 5.56 Å².